The number of aromatic amines is 1. The van der Waals surface area contributed by atoms with Crippen LogP contribution in [-0.2, 0) is 12.8 Å². The highest BCUT2D eigenvalue weighted by Crippen LogP contribution is 2.33. The average Bonchev–Trinajstić information content (AvgIpc) is 2.94. The van der Waals surface area contributed by atoms with Crippen LogP contribution in [0.15, 0.2) is 35.4 Å². The average molecular weight is 366 g/mol. The number of hydrogen-bond acceptors (Lipinski definition) is 4. The molecule has 0 bridgehead atoms. The number of alkyl halides is 3. The summed E-state index contributed by atoms with van der Waals surface area (Å²) < 4.78 is 39.9. The van der Waals surface area contributed by atoms with Crippen molar-refractivity contribution in [3.63, 3.8) is 0 Å². The molecule has 0 fully saturated rings. The Morgan fingerprint density at radius 1 is 1.23 bits per heavy atom. The minimum absolute atomic E-state index is 0.0533. The zero-order valence-corrected chi connectivity index (χ0v) is 14.1. The second-order valence-corrected chi connectivity index (χ2v) is 6.29. The van der Waals surface area contributed by atoms with Gasteiger partial charge < -0.3 is 10.1 Å². The maximum absolute atomic E-state index is 12.8. The van der Waals surface area contributed by atoms with Crippen molar-refractivity contribution in [3.05, 3.63) is 57.8 Å². The molecule has 3 rings (SSSR count). The van der Waals surface area contributed by atoms with Gasteiger partial charge in [-0.05, 0) is 23.6 Å². The first-order valence-corrected chi connectivity index (χ1v) is 7.96. The van der Waals surface area contributed by atoms with E-state index in [-0.39, 0.29) is 22.6 Å². The molecule has 0 aliphatic carbocycles. The van der Waals surface area contributed by atoms with Crippen molar-refractivity contribution in [1.29, 1.82) is 0 Å². The van der Waals surface area contributed by atoms with Gasteiger partial charge in [0.05, 0.1) is 24.5 Å². The van der Waals surface area contributed by atoms with Gasteiger partial charge in [-0.25, -0.2) is 9.67 Å². The van der Waals surface area contributed by atoms with Crippen LogP contribution in [0.25, 0.3) is 11.0 Å². The molecule has 6 nitrogen and oxygen atoms in total. The lowest BCUT2D eigenvalue weighted by atomic mass is 9.95. The Balaban J connectivity index is 2.17. The number of aromatic nitrogens is 4. The molecule has 1 atom stereocenters. The molecule has 0 spiro atoms. The van der Waals surface area contributed by atoms with E-state index in [4.69, 9.17) is 0 Å². The van der Waals surface area contributed by atoms with Gasteiger partial charge in [0.2, 0.25) is 0 Å². The van der Waals surface area contributed by atoms with Gasteiger partial charge in [-0.1, -0.05) is 26.0 Å². The molecule has 0 saturated carbocycles. The van der Waals surface area contributed by atoms with Crippen LogP contribution in [0.1, 0.15) is 36.7 Å². The first-order chi connectivity index (χ1) is 12.2. The highest BCUT2D eigenvalue weighted by molar-refractivity contribution is 5.77. The first kappa shape index (κ1) is 18.1. The molecule has 1 aromatic carbocycles. The van der Waals surface area contributed by atoms with Crippen molar-refractivity contribution in [2.24, 2.45) is 5.92 Å². The Bertz CT molecular complexity index is 974. The van der Waals surface area contributed by atoms with Crippen LogP contribution in [0.2, 0.25) is 0 Å². The van der Waals surface area contributed by atoms with Crippen LogP contribution >= 0.6 is 0 Å². The summed E-state index contributed by atoms with van der Waals surface area (Å²) in [5.41, 5.74) is -0.118. The van der Waals surface area contributed by atoms with Gasteiger partial charge in [0, 0.05) is 0 Å². The van der Waals surface area contributed by atoms with E-state index in [1.807, 2.05) is 13.8 Å². The van der Waals surface area contributed by atoms with Crippen LogP contribution < -0.4 is 5.56 Å². The molecule has 0 radical (unpaired) electrons. The first-order valence-electron chi connectivity index (χ1n) is 7.96. The Morgan fingerprint density at radius 3 is 2.42 bits per heavy atom. The SMILES string of the molecule is CC(C)C(c1ccc(C(F)(F)F)cc1)n1nc(CO)c2c(=O)[nH]cnc21. The predicted molar refractivity (Wildman–Crippen MR) is 88.5 cm³/mol. The molecule has 0 amide bonds. The summed E-state index contributed by atoms with van der Waals surface area (Å²) in [4.78, 5) is 18.7. The Labute approximate surface area is 146 Å². The molecule has 1 unspecified atom stereocenters. The summed E-state index contributed by atoms with van der Waals surface area (Å²) in [7, 11) is 0. The number of benzene rings is 1. The van der Waals surface area contributed by atoms with Crippen molar-refractivity contribution in [2.45, 2.75) is 32.7 Å². The normalized spacial score (nSPS) is 13.5. The molecule has 138 valence electrons. The van der Waals surface area contributed by atoms with Crippen molar-refractivity contribution in [2.75, 3.05) is 0 Å². The van der Waals surface area contributed by atoms with E-state index in [0.29, 0.717) is 5.56 Å². The molecule has 2 N–H and O–H groups in total. The van der Waals surface area contributed by atoms with Gasteiger partial charge in [-0.15, -0.1) is 0 Å². The fourth-order valence-corrected chi connectivity index (χ4v) is 3.03. The molecule has 9 heteroatoms. The van der Waals surface area contributed by atoms with Gasteiger partial charge in [-0.3, -0.25) is 4.79 Å². The molecule has 0 aliphatic heterocycles. The van der Waals surface area contributed by atoms with Crippen LogP contribution in [0.5, 0.6) is 0 Å². The number of rotatable bonds is 4. The zero-order chi connectivity index (χ0) is 19.1. The zero-order valence-electron chi connectivity index (χ0n) is 14.1. The maximum Gasteiger partial charge on any atom is 0.416 e. The number of nitrogens with one attached hydrogen (secondary N) is 1. The minimum Gasteiger partial charge on any atom is -0.390 e. The molecular weight excluding hydrogens is 349 g/mol. The Kier molecular flexibility index (Phi) is 4.57. The van der Waals surface area contributed by atoms with Crippen LogP contribution in [0, 0.1) is 5.92 Å². The number of hydrogen-bond donors (Lipinski definition) is 2. The number of aliphatic hydroxyl groups is 1. The van der Waals surface area contributed by atoms with Gasteiger partial charge in [0.1, 0.15) is 11.1 Å². The third-order valence-corrected chi connectivity index (χ3v) is 4.19. The number of aliphatic hydroxyl groups excluding tert-OH is 1. The third kappa shape index (κ3) is 3.10. The quantitative estimate of drug-likeness (QED) is 0.744. The fraction of sp³-hybridized carbons (Fsp3) is 0.353. The van der Waals surface area contributed by atoms with Gasteiger partial charge in [0.15, 0.2) is 5.65 Å². The van der Waals surface area contributed by atoms with Crippen LogP contribution in [0.4, 0.5) is 13.2 Å². The van der Waals surface area contributed by atoms with Gasteiger partial charge in [-0.2, -0.15) is 18.3 Å². The van der Waals surface area contributed by atoms with Gasteiger partial charge in [0.25, 0.3) is 5.56 Å². The topological polar surface area (TPSA) is 83.8 Å². The summed E-state index contributed by atoms with van der Waals surface area (Å²) >= 11 is 0. The van der Waals surface area contributed by atoms with Crippen molar-refractivity contribution < 1.29 is 18.3 Å². The number of H-pyrrole nitrogens is 1. The van der Waals surface area contributed by atoms with Crippen molar-refractivity contribution in [3.8, 4) is 0 Å². The minimum atomic E-state index is -4.41. The molecule has 3 aromatic rings. The smallest absolute Gasteiger partial charge is 0.390 e. The number of nitrogens with zero attached hydrogens (tertiary/aromatic N) is 3. The fourth-order valence-electron chi connectivity index (χ4n) is 3.03. The molecular formula is C17H17F3N4O2. The van der Waals surface area contributed by atoms with Crippen LogP contribution in [-0.4, -0.2) is 24.9 Å². The second-order valence-electron chi connectivity index (χ2n) is 6.29. The Morgan fingerprint density at radius 2 is 1.88 bits per heavy atom. The highest BCUT2D eigenvalue weighted by atomic mass is 19.4. The van der Waals surface area contributed by atoms with Crippen molar-refractivity contribution in [1.82, 2.24) is 19.7 Å². The van der Waals surface area contributed by atoms with Crippen molar-refractivity contribution >= 4 is 11.0 Å². The standard InChI is InChI=1S/C17H17F3N4O2/c1-9(2)14(10-3-5-11(6-4-10)17(18,19)20)24-15-13(12(7-25)23-24)16(26)22-8-21-15/h3-6,8-9,14,25H,7H2,1-2H3,(H,21,22,26). The van der Waals surface area contributed by atoms with E-state index in [0.717, 1.165) is 12.1 Å². The van der Waals surface area contributed by atoms with E-state index in [2.05, 4.69) is 15.1 Å². The summed E-state index contributed by atoms with van der Waals surface area (Å²) in [5, 5.41) is 14.0. The number of halogens is 3. The number of fused-ring (bicyclic) bond motifs is 1. The van der Waals surface area contributed by atoms with E-state index < -0.39 is 29.9 Å². The lowest BCUT2D eigenvalue weighted by Crippen LogP contribution is -2.19. The lowest BCUT2D eigenvalue weighted by molar-refractivity contribution is -0.137. The van der Waals surface area contributed by atoms with E-state index >= 15 is 0 Å². The third-order valence-electron chi connectivity index (χ3n) is 4.19. The Hall–Kier alpha value is -2.68. The summed E-state index contributed by atoms with van der Waals surface area (Å²) in [5.74, 6) is -0.0533. The predicted octanol–water partition coefficient (Wildman–Crippen LogP) is 2.88. The monoisotopic (exact) mass is 366 g/mol. The lowest BCUT2D eigenvalue weighted by Gasteiger charge is -2.23. The molecule has 26 heavy (non-hydrogen) atoms. The highest BCUT2D eigenvalue weighted by Gasteiger charge is 2.31. The summed E-state index contributed by atoms with van der Waals surface area (Å²) in [6.45, 7) is 3.33. The summed E-state index contributed by atoms with van der Waals surface area (Å²) in [6, 6.07) is 4.38. The molecule has 0 saturated heterocycles. The van der Waals surface area contributed by atoms with E-state index in [1.165, 1.54) is 23.1 Å². The second kappa shape index (κ2) is 6.56. The molecule has 2 heterocycles. The van der Waals surface area contributed by atoms with Gasteiger partial charge >= 0.3 is 6.18 Å². The molecule has 2 aromatic heterocycles. The van der Waals surface area contributed by atoms with Crippen LogP contribution in [0.3, 0.4) is 0 Å². The van der Waals surface area contributed by atoms with E-state index in [1.54, 1.807) is 0 Å². The summed E-state index contributed by atoms with van der Waals surface area (Å²) in [6.07, 6.45) is -3.18. The molecule has 0 aliphatic rings. The maximum atomic E-state index is 12.8. The largest absolute Gasteiger partial charge is 0.416 e. The van der Waals surface area contributed by atoms with E-state index in [9.17, 15) is 23.1 Å².